The Hall–Kier alpha value is -1.22. The molecule has 1 aromatic carbocycles. The fraction of sp³-hybridized carbons (Fsp3) is 0.500. The summed E-state index contributed by atoms with van der Waals surface area (Å²) in [6, 6.07) is 6.73. The molecule has 1 atom stereocenters. The maximum absolute atomic E-state index is 5.74. The molecule has 2 rings (SSSR count). The van der Waals surface area contributed by atoms with Gasteiger partial charge in [-0.2, -0.15) is 0 Å². The van der Waals surface area contributed by atoms with Crippen molar-refractivity contribution in [3.8, 4) is 5.75 Å². The van der Waals surface area contributed by atoms with Gasteiger partial charge in [-0.15, -0.1) is 0 Å². The Kier molecular flexibility index (Phi) is 2.82. The van der Waals surface area contributed by atoms with Gasteiger partial charge >= 0.3 is 0 Å². The van der Waals surface area contributed by atoms with E-state index in [1.807, 2.05) is 0 Å². The molecule has 0 radical (unpaired) electrons. The highest BCUT2D eigenvalue weighted by atomic mass is 16.5. The van der Waals surface area contributed by atoms with Gasteiger partial charge in [-0.1, -0.05) is 6.07 Å². The molecule has 3 nitrogen and oxygen atoms in total. The van der Waals surface area contributed by atoms with Crippen LogP contribution in [0.4, 0.5) is 5.69 Å². The molecule has 0 spiro atoms. The van der Waals surface area contributed by atoms with Crippen LogP contribution in [0.2, 0.25) is 0 Å². The second-order valence-electron chi connectivity index (χ2n) is 4.12. The quantitative estimate of drug-likeness (QED) is 0.797. The summed E-state index contributed by atoms with van der Waals surface area (Å²) in [5.41, 5.74) is 7.99. The topological polar surface area (TPSA) is 38.5 Å². The number of nitrogens with two attached hydrogens (primary N) is 1. The number of hydrogen-bond donors (Lipinski definition) is 1. The van der Waals surface area contributed by atoms with Crippen LogP contribution in [0, 0.1) is 6.92 Å². The summed E-state index contributed by atoms with van der Waals surface area (Å²) in [5.74, 6) is 0.991. The number of likely N-dealkylation sites (N-methyl/N-ethyl adjacent to an activating group) is 1. The Morgan fingerprint density at radius 1 is 1.53 bits per heavy atom. The van der Waals surface area contributed by atoms with E-state index in [2.05, 4.69) is 37.1 Å². The third-order valence-corrected chi connectivity index (χ3v) is 2.97. The van der Waals surface area contributed by atoms with E-state index in [0.29, 0.717) is 12.6 Å². The fourth-order valence-corrected chi connectivity index (χ4v) is 1.99. The minimum atomic E-state index is 0.408. The summed E-state index contributed by atoms with van der Waals surface area (Å²) in [6.07, 6.45) is 0.976. The summed E-state index contributed by atoms with van der Waals surface area (Å²) in [7, 11) is 2.11. The normalized spacial score (nSPS) is 19.7. The van der Waals surface area contributed by atoms with Crippen LogP contribution in [0.1, 0.15) is 12.0 Å². The first-order valence-electron chi connectivity index (χ1n) is 5.38. The van der Waals surface area contributed by atoms with E-state index >= 15 is 0 Å². The van der Waals surface area contributed by atoms with Crippen molar-refractivity contribution in [2.75, 3.05) is 25.1 Å². The van der Waals surface area contributed by atoms with Gasteiger partial charge in [0.05, 0.1) is 11.7 Å². The molecule has 0 saturated carbocycles. The van der Waals surface area contributed by atoms with E-state index in [0.717, 1.165) is 18.8 Å². The van der Waals surface area contributed by atoms with Crippen LogP contribution in [-0.4, -0.2) is 26.2 Å². The molecule has 15 heavy (non-hydrogen) atoms. The predicted molar refractivity (Wildman–Crippen MR) is 62.5 cm³/mol. The molecule has 1 unspecified atom stereocenters. The molecule has 1 heterocycles. The van der Waals surface area contributed by atoms with Gasteiger partial charge in [0.25, 0.3) is 0 Å². The first-order chi connectivity index (χ1) is 7.22. The molecular formula is C12H18N2O. The Morgan fingerprint density at radius 2 is 2.33 bits per heavy atom. The van der Waals surface area contributed by atoms with Gasteiger partial charge in [-0.25, -0.2) is 0 Å². The second kappa shape index (κ2) is 4.11. The van der Waals surface area contributed by atoms with Crippen molar-refractivity contribution >= 4 is 5.69 Å². The van der Waals surface area contributed by atoms with Crippen LogP contribution in [0.3, 0.4) is 0 Å². The number of benzene rings is 1. The van der Waals surface area contributed by atoms with Gasteiger partial charge in [0.1, 0.15) is 12.4 Å². The van der Waals surface area contributed by atoms with Crippen molar-refractivity contribution in [3.63, 3.8) is 0 Å². The van der Waals surface area contributed by atoms with Crippen molar-refractivity contribution in [1.29, 1.82) is 0 Å². The molecule has 0 aromatic heterocycles. The molecule has 0 amide bonds. The van der Waals surface area contributed by atoms with E-state index in [4.69, 9.17) is 10.5 Å². The molecule has 1 aromatic rings. The lowest BCUT2D eigenvalue weighted by Gasteiger charge is -2.35. The lowest BCUT2D eigenvalue weighted by Crippen LogP contribution is -2.41. The van der Waals surface area contributed by atoms with E-state index in [9.17, 15) is 0 Å². The fourth-order valence-electron chi connectivity index (χ4n) is 1.99. The third-order valence-electron chi connectivity index (χ3n) is 2.97. The van der Waals surface area contributed by atoms with Gasteiger partial charge in [0.15, 0.2) is 0 Å². The second-order valence-corrected chi connectivity index (χ2v) is 4.12. The van der Waals surface area contributed by atoms with Crippen molar-refractivity contribution in [1.82, 2.24) is 0 Å². The Morgan fingerprint density at radius 3 is 3.07 bits per heavy atom. The summed E-state index contributed by atoms with van der Waals surface area (Å²) in [4.78, 5) is 2.27. The average molecular weight is 206 g/mol. The van der Waals surface area contributed by atoms with Crippen molar-refractivity contribution in [2.45, 2.75) is 19.4 Å². The zero-order valence-electron chi connectivity index (χ0n) is 9.36. The number of ether oxygens (including phenoxy) is 1. The lowest BCUT2D eigenvalue weighted by atomic mass is 10.1. The molecule has 0 aliphatic carbocycles. The zero-order chi connectivity index (χ0) is 10.8. The number of nitrogens with zero attached hydrogens (tertiary/aromatic N) is 1. The summed E-state index contributed by atoms with van der Waals surface area (Å²) in [6.45, 7) is 3.53. The molecule has 82 valence electrons. The monoisotopic (exact) mass is 206 g/mol. The van der Waals surface area contributed by atoms with Gasteiger partial charge in [0, 0.05) is 7.05 Å². The van der Waals surface area contributed by atoms with E-state index in [1.54, 1.807) is 0 Å². The van der Waals surface area contributed by atoms with Crippen LogP contribution >= 0.6 is 0 Å². The van der Waals surface area contributed by atoms with Gasteiger partial charge in [-0.05, 0) is 37.6 Å². The van der Waals surface area contributed by atoms with Crippen LogP contribution < -0.4 is 15.4 Å². The average Bonchev–Trinajstić information content (AvgIpc) is 2.22. The first kappa shape index (κ1) is 10.3. The molecular weight excluding hydrogens is 188 g/mol. The van der Waals surface area contributed by atoms with Crippen LogP contribution in [0.5, 0.6) is 5.75 Å². The number of aryl methyl sites for hydroxylation is 1. The molecule has 3 heteroatoms. The van der Waals surface area contributed by atoms with Crippen LogP contribution in [-0.2, 0) is 0 Å². The minimum absolute atomic E-state index is 0.408. The number of fused-ring (bicyclic) bond motifs is 1. The maximum Gasteiger partial charge on any atom is 0.142 e. The summed E-state index contributed by atoms with van der Waals surface area (Å²) < 4.78 is 5.74. The van der Waals surface area contributed by atoms with Gasteiger partial charge in [-0.3, -0.25) is 0 Å². The molecule has 1 aliphatic heterocycles. The lowest BCUT2D eigenvalue weighted by molar-refractivity contribution is 0.261. The van der Waals surface area contributed by atoms with Crippen molar-refractivity contribution in [3.05, 3.63) is 23.8 Å². The Labute approximate surface area is 90.8 Å². The van der Waals surface area contributed by atoms with Crippen LogP contribution in [0.25, 0.3) is 0 Å². The number of anilines is 1. The largest absolute Gasteiger partial charge is 0.489 e. The maximum atomic E-state index is 5.74. The van der Waals surface area contributed by atoms with Crippen molar-refractivity contribution in [2.24, 2.45) is 5.73 Å². The number of hydrogen-bond acceptors (Lipinski definition) is 3. The molecule has 2 N–H and O–H groups in total. The SMILES string of the molecule is Cc1ccc2c(c1)OCC(CCN)N2C. The first-order valence-corrected chi connectivity index (χ1v) is 5.38. The van der Waals surface area contributed by atoms with E-state index < -0.39 is 0 Å². The third kappa shape index (κ3) is 1.92. The molecule has 0 bridgehead atoms. The highest BCUT2D eigenvalue weighted by Crippen LogP contribution is 2.33. The molecule has 0 saturated heterocycles. The van der Waals surface area contributed by atoms with Crippen LogP contribution in [0.15, 0.2) is 18.2 Å². The highest BCUT2D eigenvalue weighted by molar-refractivity contribution is 5.61. The van der Waals surface area contributed by atoms with Gasteiger partial charge < -0.3 is 15.4 Å². The summed E-state index contributed by atoms with van der Waals surface area (Å²) >= 11 is 0. The molecule has 1 aliphatic rings. The predicted octanol–water partition coefficient (Wildman–Crippen LogP) is 1.54. The van der Waals surface area contributed by atoms with Gasteiger partial charge in [0.2, 0.25) is 0 Å². The van der Waals surface area contributed by atoms with Crippen molar-refractivity contribution < 1.29 is 4.74 Å². The standard InChI is InChI=1S/C12H18N2O/c1-9-3-4-11-12(7-9)15-8-10(5-6-13)14(11)2/h3-4,7,10H,5-6,8,13H2,1-2H3. The zero-order valence-corrected chi connectivity index (χ0v) is 9.36. The Bertz CT molecular complexity index is 351. The smallest absolute Gasteiger partial charge is 0.142 e. The highest BCUT2D eigenvalue weighted by Gasteiger charge is 2.23. The molecule has 0 fully saturated rings. The van der Waals surface area contributed by atoms with E-state index in [1.165, 1.54) is 11.3 Å². The van der Waals surface area contributed by atoms with E-state index in [-0.39, 0.29) is 0 Å². The number of rotatable bonds is 2. The summed E-state index contributed by atoms with van der Waals surface area (Å²) in [5, 5.41) is 0. The Balaban J connectivity index is 2.26. The minimum Gasteiger partial charge on any atom is -0.489 e.